The van der Waals surface area contributed by atoms with Crippen LogP contribution in [-0.2, 0) is 0 Å². The Morgan fingerprint density at radius 3 is 2.77 bits per heavy atom. The number of nitrogens with one attached hydrogen (secondary N) is 1. The molecule has 2 rings (SSSR count). The highest BCUT2D eigenvalue weighted by Gasteiger charge is 2.05. The van der Waals surface area contributed by atoms with Crippen molar-refractivity contribution in [2.75, 3.05) is 5.32 Å². The number of nitrogens with zero attached hydrogens (tertiary/aromatic N) is 2. The Morgan fingerprint density at radius 1 is 1.36 bits per heavy atom. The lowest BCUT2D eigenvalue weighted by Gasteiger charge is -2.06. The number of carboxylic acid groups (broad SMARTS) is 1. The van der Waals surface area contributed by atoms with Crippen LogP contribution < -0.4 is 15.9 Å². The maximum absolute atomic E-state index is 11.0. The van der Waals surface area contributed by atoms with Gasteiger partial charge in [0.05, 0.1) is 10.9 Å². The van der Waals surface area contributed by atoms with Crippen LogP contribution in [0.3, 0.4) is 0 Å². The largest absolute Gasteiger partial charge is 0.478 e. The van der Waals surface area contributed by atoms with Gasteiger partial charge in [0, 0.05) is 11.2 Å². The molecule has 114 valence electrons. The molecule has 2 aromatic rings. The Hall–Kier alpha value is -2.40. The standard InChI is InChI=1S/C16H16ClN3O2/c1-3-10-5-6-13(20-15(10)12(17)4-2)19-14-9-11(16(21)22)7-8-18-14/h3,5-9H,4H2,1-2H3,(H,21,22)(H,18,19,20)/b10-3-,15-12-. The summed E-state index contributed by atoms with van der Waals surface area (Å²) in [6.45, 7) is 3.88. The second-order valence-corrected chi connectivity index (χ2v) is 5.00. The quantitative estimate of drug-likeness (QED) is 0.906. The van der Waals surface area contributed by atoms with Gasteiger partial charge in [0.15, 0.2) is 0 Å². The number of anilines is 2. The molecule has 2 aromatic heterocycles. The van der Waals surface area contributed by atoms with Gasteiger partial charge in [-0.3, -0.25) is 0 Å². The summed E-state index contributed by atoms with van der Waals surface area (Å²) >= 11 is 6.23. The normalized spacial score (nSPS) is 13.0. The number of aromatic nitrogens is 2. The first-order valence-electron chi connectivity index (χ1n) is 6.83. The minimum absolute atomic E-state index is 0.161. The minimum Gasteiger partial charge on any atom is -0.478 e. The molecule has 0 bridgehead atoms. The van der Waals surface area contributed by atoms with Gasteiger partial charge in [-0.2, -0.15) is 0 Å². The van der Waals surface area contributed by atoms with Crippen LogP contribution in [0.5, 0.6) is 0 Å². The van der Waals surface area contributed by atoms with Gasteiger partial charge in [0.25, 0.3) is 0 Å². The fraction of sp³-hybridized carbons (Fsp3) is 0.188. The van der Waals surface area contributed by atoms with Crippen LogP contribution in [0.2, 0.25) is 0 Å². The molecule has 0 atom stereocenters. The molecular weight excluding hydrogens is 302 g/mol. The molecular formula is C16H16ClN3O2. The lowest BCUT2D eigenvalue weighted by atomic mass is 10.2. The third-order valence-electron chi connectivity index (χ3n) is 3.07. The molecule has 6 heteroatoms. The first-order chi connectivity index (χ1) is 10.5. The summed E-state index contributed by atoms with van der Waals surface area (Å²) in [5.74, 6) is -0.0289. The van der Waals surface area contributed by atoms with Crippen molar-refractivity contribution in [3.63, 3.8) is 0 Å². The molecule has 0 aliphatic heterocycles. The van der Waals surface area contributed by atoms with Crippen LogP contribution >= 0.6 is 11.6 Å². The van der Waals surface area contributed by atoms with E-state index in [1.54, 1.807) is 6.07 Å². The summed E-state index contributed by atoms with van der Waals surface area (Å²) in [7, 11) is 0. The van der Waals surface area contributed by atoms with Gasteiger partial charge in [-0.15, -0.1) is 0 Å². The molecule has 0 unspecified atom stereocenters. The maximum atomic E-state index is 11.0. The monoisotopic (exact) mass is 317 g/mol. The highest BCUT2D eigenvalue weighted by molar-refractivity contribution is 6.44. The second-order valence-electron chi connectivity index (χ2n) is 4.54. The Kier molecular flexibility index (Phi) is 5.12. The lowest BCUT2D eigenvalue weighted by molar-refractivity contribution is 0.0697. The summed E-state index contributed by atoms with van der Waals surface area (Å²) < 4.78 is 0. The van der Waals surface area contributed by atoms with E-state index in [1.807, 2.05) is 26.0 Å². The summed E-state index contributed by atoms with van der Waals surface area (Å²) in [6.07, 6.45) is 4.06. The van der Waals surface area contributed by atoms with Crippen molar-refractivity contribution in [3.05, 3.63) is 46.6 Å². The van der Waals surface area contributed by atoms with Gasteiger partial charge in [0.2, 0.25) is 0 Å². The van der Waals surface area contributed by atoms with E-state index in [0.717, 1.165) is 5.22 Å². The number of carbonyl (C=O) groups is 1. The Bertz CT molecular complexity index is 818. The molecule has 0 amide bonds. The first kappa shape index (κ1) is 16.0. The van der Waals surface area contributed by atoms with Gasteiger partial charge < -0.3 is 10.4 Å². The molecule has 0 spiro atoms. The molecule has 22 heavy (non-hydrogen) atoms. The summed E-state index contributed by atoms with van der Waals surface area (Å²) in [4.78, 5) is 19.6. The molecule has 0 saturated heterocycles. The van der Waals surface area contributed by atoms with Crippen LogP contribution in [-0.4, -0.2) is 21.0 Å². The van der Waals surface area contributed by atoms with E-state index < -0.39 is 5.97 Å². The molecule has 5 nitrogen and oxygen atoms in total. The third-order valence-corrected chi connectivity index (χ3v) is 3.51. The third kappa shape index (κ3) is 3.62. The molecule has 0 radical (unpaired) electrons. The number of aromatic carboxylic acids is 1. The number of rotatable bonds is 4. The van der Waals surface area contributed by atoms with Gasteiger partial charge in [0.1, 0.15) is 11.6 Å². The van der Waals surface area contributed by atoms with Crippen molar-refractivity contribution in [2.24, 2.45) is 0 Å². The second kappa shape index (κ2) is 7.04. The SMILES string of the molecule is C/C=c1/ccc(Nc2cc(C(=O)O)ccn2)n/c1=C(\Cl)CC. The smallest absolute Gasteiger partial charge is 0.335 e. The predicted molar refractivity (Wildman–Crippen MR) is 87.7 cm³/mol. The lowest BCUT2D eigenvalue weighted by Crippen LogP contribution is -2.29. The van der Waals surface area contributed by atoms with Crippen molar-refractivity contribution >= 4 is 40.3 Å². The van der Waals surface area contributed by atoms with E-state index in [1.165, 1.54) is 18.3 Å². The molecule has 0 aliphatic carbocycles. The van der Waals surface area contributed by atoms with Crippen molar-refractivity contribution in [3.8, 4) is 0 Å². The Morgan fingerprint density at radius 2 is 2.14 bits per heavy atom. The molecule has 0 aliphatic rings. The number of pyridine rings is 2. The number of hydrogen-bond donors (Lipinski definition) is 2. The zero-order valence-electron chi connectivity index (χ0n) is 12.3. The van der Waals surface area contributed by atoms with Crippen molar-refractivity contribution in [1.82, 2.24) is 9.97 Å². The Balaban J connectivity index is 2.43. The molecule has 0 aromatic carbocycles. The fourth-order valence-corrected chi connectivity index (χ4v) is 2.07. The van der Waals surface area contributed by atoms with E-state index >= 15 is 0 Å². The summed E-state index contributed by atoms with van der Waals surface area (Å²) in [6, 6.07) is 6.59. The molecule has 2 heterocycles. The summed E-state index contributed by atoms with van der Waals surface area (Å²) in [5, 5.41) is 14.3. The van der Waals surface area contributed by atoms with Crippen molar-refractivity contribution < 1.29 is 9.90 Å². The van der Waals surface area contributed by atoms with E-state index in [2.05, 4.69) is 15.3 Å². The van der Waals surface area contributed by atoms with Gasteiger partial charge >= 0.3 is 5.97 Å². The predicted octanol–water partition coefficient (Wildman–Crippen LogP) is 2.48. The maximum Gasteiger partial charge on any atom is 0.335 e. The highest BCUT2D eigenvalue weighted by Crippen LogP contribution is 2.12. The van der Waals surface area contributed by atoms with E-state index in [4.69, 9.17) is 16.7 Å². The van der Waals surface area contributed by atoms with Crippen LogP contribution in [0.1, 0.15) is 30.6 Å². The minimum atomic E-state index is -1.00. The Labute approximate surface area is 133 Å². The highest BCUT2D eigenvalue weighted by atomic mass is 35.5. The first-order valence-corrected chi connectivity index (χ1v) is 7.21. The van der Waals surface area contributed by atoms with Crippen LogP contribution in [0, 0.1) is 0 Å². The fourth-order valence-electron chi connectivity index (χ4n) is 1.92. The number of hydrogen-bond acceptors (Lipinski definition) is 4. The zero-order chi connectivity index (χ0) is 16.1. The van der Waals surface area contributed by atoms with Crippen molar-refractivity contribution in [1.29, 1.82) is 0 Å². The number of carboxylic acids is 1. The topological polar surface area (TPSA) is 75.1 Å². The van der Waals surface area contributed by atoms with Gasteiger partial charge in [-0.05, 0) is 42.8 Å². The van der Waals surface area contributed by atoms with E-state index in [-0.39, 0.29) is 5.56 Å². The average molecular weight is 318 g/mol. The molecule has 0 fully saturated rings. The van der Waals surface area contributed by atoms with Gasteiger partial charge in [-0.1, -0.05) is 24.6 Å². The van der Waals surface area contributed by atoms with Gasteiger partial charge in [-0.25, -0.2) is 14.8 Å². The van der Waals surface area contributed by atoms with Crippen LogP contribution in [0.25, 0.3) is 11.1 Å². The van der Waals surface area contributed by atoms with Crippen LogP contribution in [0.15, 0.2) is 30.5 Å². The van der Waals surface area contributed by atoms with E-state index in [0.29, 0.717) is 28.4 Å². The number of halogens is 1. The van der Waals surface area contributed by atoms with Crippen LogP contribution in [0.4, 0.5) is 11.6 Å². The van der Waals surface area contributed by atoms with E-state index in [9.17, 15) is 4.79 Å². The average Bonchev–Trinajstić information content (AvgIpc) is 2.54. The molecule has 0 saturated carbocycles. The molecule has 2 N–H and O–H groups in total. The summed E-state index contributed by atoms with van der Waals surface area (Å²) in [5.41, 5.74) is 0.161. The zero-order valence-corrected chi connectivity index (χ0v) is 13.1. The van der Waals surface area contributed by atoms with Crippen molar-refractivity contribution in [2.45, 2.75) is 20.3 Å².